The second-order valence-corrected chi connectivity index (χ2v) is 9.66. The quantitative estimate of drug-likeness (QED) is 0.325. The van der Waals surface area contributed by atoms with Gasteiger partial charge in [-0.15, -0.1) is 24.0 Å². The Morgan fingerprint density at radius 2 is 1.75 bits per heavy atom. The summed E-state index contributed by atoms with van der Waals surface area (Å²) in [4.78, 5) is 9.29. The normalized spacial score (nSPS) is 14.8. The summed E-state index contributed by atoms with van der Waals surface area (Å²) >= 11 is 0. The fourth-order valence-corrected chi connectivity index (χ4v) is 4.39. The van der Waals surface area contributed by atoms with Gasteiger partial charge in [-0.3, -0.25) is 4.99 Å². The van der Waals surface area contributed by atoms with Crippen molar-refractivity contribution < 1.29 is 13.2 Å². The zero-order valence-corrected chi connectivity index (χ0v) is 22.1. The Labute approximate surface area is 208 Å². The van der Waals surface area contributed by atoms with E-state index in [2.05, 4.69) is 32.2 Å². The van der Waals surface area contributed by atoms with Gasteiger partial charge < -0.3 is 19.9 Å². The van der Waals surface area contributed by atoms with E-state index in [9.17, 15) is 8.42 Å². The summed E-state index contributed by atoms with van der Waals surface area (Å²) in [5.41, 5.74) is 2.16. The molecule has 0 radical (unpaired) electrons. The van der Waals surface area contributed by atoms with Gasteiger partial charge in [-0.25, -0.2) is 12.7 Å². The van der Waals surface area contributed by atoms with Crippen molar-refractivity contribution in [2.45, 2.75) is 11.4 Å². The zero-order chi connectivity index (χ0) is 22.4. The average Bonchev–Trinajstić information content (AvgIpc) is 2.80. The zero-order valence-electron chi connectivity index (χ0n) is 19.0. The van der Waals surface area contributed by atoms with Gasteiger partial charge in [0.2, 0.25) is 10.0 Å². The van der Waals surface area contributed by atoms with Crippen LogP contribution in [0, 0.1) is 0 Å². The summed E-state index contributed by atoms with van der Waals surface area (Å²) in [6.45, 7) is 4.08. The Morgan fingerprint density at radius 3 is 2.31 bits per heavy atom. The number of anilines is 1. The lowest BCUT2D eigenvalue weighted by Crippen LogP contribution is -2.52. The molecule has 176 valence electrons. The highest BCUT2D eigenvalue weighted by Crippen LogP contribution is 2.22. The van der Waals surface area contributed by atoms with E-state index in [1.165, 1.54) is 18.4 Å². The first-order valence-corrected chi connectivity index (χ1v) is 11.6. The number of ether oxygens (including phenoxy) is 1. The third-order valence-corrected chi connectivity index (χ3v) is 7.19. The molecule has 1 fully saturated rings. The van der Waals surface area contributed by atoms with Gasteiger partial charge in [0.1, 0.15) is 5.75 Å². The summed E-state index contributed by atoms with van der Waals surface area (Å²) in [5.74, 6) is 1.71. The van der Waals surface area contributed by atoms with Gasteiger partial charge >= 0.3 is 0 Å². The molecular formula is C22H32IN5O3S. The molecular weight excluding hydrogens is 541 g/mol. The number of nitrogens with one attached hydrogen (secondary N) is 1. The third-order valence-electron chi connectivity index (χ3n) is 5.36. The van der Waals surface area contributed by atoms with Gasteiger partial charge in [-0.05, 0) is 29.8 Å². The third kappa shape index (κ3) is 6.26. The van der Waals surface area contributed by atoms with Gasteiger partial charge in [0.15, 0.2) is 5.96 Å². The molecule has 0 aromatic heterocycles. The largest absolute Gasteiger partial charge is 0.497 e. The standard InChI is InChI=1S/C22H31N5O3S.HI/c1-23-22(24-17-18-8-10-21(11-9-18)31(28,29)25(2)3)27-14-12-26(13-15-27)19-6-5-7-20(16-19)30-4;/h5-11,16H,12-15,17H2,1-4H3,(H,23,24);1H. The highest BCUT2D eigenvalue weighted by atomic mass is 127. The number of halogens is 1. The second-order valence-electron chi connectivity index (χ2n) is 7.51. The Hall–Kier alpha value is -2.05. The van der Waals surface area contributed by atoms with Crippen LogP contribution >= 0.6 is 24.0 Å². The lowest BCUT2D eigenvalue weighted by Gasteiger charge is -2.37. The molecule has 1 saturated heterocycles. The van der Waals surface area contributed by atoms with E-state index in [1.807, 2.05) is 24.3 Å². The minimum Gasteiger partial charge on any atom is -0.497 e. The summed E-state index contributed by atoms with van der Waals surface area (Å²) in [5, 5.41) is 3.39. The van der Waals surface area contributed by atoms with Crippen molar-refractivity contribution >= 4 is 45.6 Å². The van der Waals surface area contributed by atoms with Crippen molar-refractivity contribution in [3.05, 3.63) is 54.1 Å². The van der Waals surface area contributed by atoms with E-state index in [0.29, 0.717) is 11.4 Å². The maximum atomic E-state index is 12.2. The van der Waals surface area contributed by atoms with Crippen LogP contribution in [-0.2, 0) is 16.6 Å². The molecule has 10 heteroatoms. The number of aliphatic imine (C=N–C) groups is 1. The highest BCUT2D eigenvalue weighted by Gasteiger charge is 2.20. The number of hydrogen-bond donors (Lipinski definition) is 1. The molecule has 0 amide bonds. The number of guanidine groups is 1. The molecule has 1 aliphatic rings. The number of hydrogen-bond acceptors (Lipinski definition) is 5. The van der Waals surface area contributed by atoms with Crippen LogP contribution in [0.25, 0.3) is 0 Å². The number of piperazine rings is 1. The van der Waals surface area contributed by atoms with Crippen LogP contribution in [0.4, 0.5) is 5.69 Å². The van der Waals surface area contributed by atoms with Gasteiger partial charge in [-0.1, -0.05) is 18.2 Å². The molecule has 2 aromatic carbocycles. The predicted octanol–water partition coefficient (Wildman–Crippen LogP) is 2.46. The maximum Gasteiger partial charge on any atom is 0.242 e. The van der Waals surface area contributed by atoms with Crippen molar-refractivity contribution in [3.63, 3.8) is 0 Å². The first kappa shape index (κ1) is 26.2. The van der Waals surface area contributed by atoms with Gasteiger partial charge in [0.25, 0.3) is 0 Å². The molecule has 1 aliphatic heterocycles. The van der Waals surface area contributed by atoms with E-state index in [-0.39, 0.29) is 24.0 Å². The van der Waals surface area contributed by atoms with E-state index < -0.39 is 10.0 Å². The molecule has 0 spiro atoms. The first-order valence-electron chi connectivity index (χ1n) is 10.2. The van der Waals surface area contributed by atoms with Crippen LogP contribution in [0.15, 0.2) is 58.4 Å². The minimum atomic E-state index is -3.41. The Kier molecular flexibility index (Phi) is 9.59. The molecule has 1 heterocycles. The lowest BCUT2D eigenvalue weighted by molar-refractivity contribution is 0.372. The van der Waals surface area contributed by atoms with Crippen LogP contribution in [0.2, 0.25) is 0 Å². The van der Waals surface area contributed by atoms with Crippen LogP contribution in [0.1, 0.15) is 5.56 Å². The van der Waals surface area contributed by atoms with Crippen LogP contribution in [-0.4, -0.2) is 78.0 Å². The summed E-state index contributed by atoms with van der Waals surface area (Å²) < 4.78 is 30.9. The Morgan fingerprint density at radius 1 is 1.09 bits per heavy atom. The highest BCUT2D eigenvalue weighted by molar-refractivity contribution is 14.0. The van der Waals surface area contributed by atoms with Crippen molar-refractivity contribution in [1.82, 2.24) is 14.5 Å². The first-order chi connectivity index (χ1) is 14.8. The van der Waals surface area contributed by atoms with Gasteiger partial charge in [0, 0.05) is 65.6 Å². The van der Waals surface area contributed by atoms with Crippen molar-refractivity contribution in [1.29, 1.82) is 0 Å². The van der Waals surface area contributed by atoms with Crippen molar-refractivity contribution in [2.24, 2.45) is 4.99 Å². The molecule has 1 N–H and O–H groups in total. The predicted molar refractivity (Wildman–Crippen MR) is 140 cm³/mol. The summed E-state index contributed by atoms with van der Waals surface area (Å²) in [7, 11) is 3.11. The minimum absolute atomic E-state index is 0. The monoisotopic (exact) mass is 573 g/mol. The Bertz CT molecular complexity index is 1000. The number of nitrogens with zero attached hydrogens (tertiary/aromatic N) is 4. The fraction of sp³-hybridized carbons (Fsp3) is 0.409. The van der Waals surface area contributed by atoms with Gasteiger partial charge in [-0.2, -0.15) is 0 Å². The second kappa shape index (κ2) is 11.7. The van der Waals surface area contributed by atoms with Crippen LogP contribution in [0.3, 0.4) is 0 Å². The maximum absolute atomic E-state index is 12.2. The summed E-state index contributed by atoms with van der Waals surface area (Å²) in [6.07, 6.45) is 0. The van der Waals surface area contributed by atoms with E-state index >= 15 is 0 Å². The summed E-state index contributed by atoms with van der Waals surface area (Å²) in [6, 6.07) is 15.1. The molecule has 3 rings (SSSR count). The molecule has 0 saturated carbocycles. The van der Waals surface area contributed by atoms with Gasteiger partial charge in [0.05, 0.1) is 12.0 Å². The van der Waals surface area contributed by atoms with Crippen LogP contribution in [0.5, 0.6) is 5.75 Å². The number of methoxy groups -OCH3 is 1. The van der Waals surface area contributed by atoms with E-state index in [4.69, 9.17) is 4.74 Å². The number of sulfonamides is 1. The average molecular weight is 574 g/mol. The van der Waals surface area contributed by atoms with E-state index in [0.717, 1.165) is 49.1 Å². The molecule has 0 unspecified atom stereocenters. The SMILES string of the molecule is CN=C(NCc1ccc(S(=O)(=O)N(C)C)cc1)N1CCN(c2cccc(OC)c2)CC1.I. The smallest absolute Gasteiger partial charge is 0.242 e. The topological polar surface area (TPSA) is 77.5 Å². The Balaban J connectivity index is 0.00000363. The van der Waals surface area contributed by atoms with Crippen LogP contribution < -0.4 is 15.0 Å². The van der Waals surface area contributed by atoms with Crippen molar-refractivity contribution in [2.75, 3.05) is 59.3 Å². The number of rotatable bonds is 6. The number of benzene rings is 2. The molecule has 8 nitrogen and oxygen atoms in total. The molecule has 0 atom stereocenters. The lowest BCUT2D eigenvalue weighted by atomic mass is 10.2. The van der Waals surface area contributed by atoms with E-state index in [1.54, 1.807) is 26.3 Å². The molecule has 0 bridgehead atoms. The van der Waals surface area contributed by atoms with Crippen molar-refractivity contribution in [3.8, 4) is 5.75 Å². The fourth-order valence-electron chi connectivity index (χ4n) is 3.49. The molecule has 32 heavy (non-hydrogen) atoms. The molecule has 0 aliphatic carbocycles. The molecule has 2 aromatic rings.